The fourth-order valence-corrected chi connectivity index (χ4v) is 3.51. The summed E-state index contributed by atoms with van der Waals surface area (Å²) in [6.45, 7) is 8.95. The third-order valence-corrected chi connectivity index (χ3v) is 5.02. The third kappa shape index (κ3) is 7.09. The van der Waals surface area contributed by atoms with Crippen LogP contribution < -0.4 is 5.32 Å². The van der Waals surface area contributed by atoms with Crippen molar-refractivity contribution in [2.24, 2.45) is 5.92 Å². The first-order valence-corrected chi connectivity index (χ1v) is 10.3. The van der Waals surface area contributed by atoms with Gasteiger partial charge in [-0.1, -0.05) is 0 Å². The minimum Gasteiger partial charge on any atom is -0.466 e. The summed E-state index contributed by atoms with van der Waals surface area (Å²) in [5, 5.41) is 2.69. The molecular weight excluding hydrogens is 389 g/mol. The van der Waals surface area contributed by atoms with Gasteiger partial charge in [0.2, 0.25) is 11.8 Å². The highest BCUT2D eigenvalue weighted by Gasteiger charge is 2.32. The minimum atomic E-state index is -0.562. The zero-order valence-electron chi connectivity index (χ0n) is 18.2. The van der Waals surface area contributed by atoms with Gasteiger partial charge in [-0.2, -0.15) is 0 Å². The van der Waals surface area contributed by atoms with Crippen molar-refractivity contribution < 1.29 is 23.5 Å². The van der Waals surface area contributed by atoms with Crippen molar-refractivity contribution in [3.05, 3.63) is 30.1 Å². The van der Waals surface area contributed by atoms with Crippen LogP contribution in [0.3, 0.4) is 0 Å². The molecule has 0 radical (unpaired) electrons. The molecule has 0 aliphatic carbocycles. The van der Waals surface area contributed by atoms with E-state index in [2.05, 4.69) is 5.32 Å². The Hall–Kier alpha value is -2.48. The van der Waals surface area contributed by atoms with E-state index in [1.54, 1.807) is 6.92 Å². The average molecular weight is 422 g/mol. The Morgan fingerprint density at radius 1 is 1.23 bits per heavy atom. The summed E-state index contributed by atoms with van der Waals surface area (Å²) in [7, 11) is 0. The van der Waals surface area contributed by atoms with Crippen LogP contribution >= 0.6 is 0 Å². The fourth-order valence-electron chi connectivity index (χ4n) is 3.51. The molecule has 30 heavy (non-hydrogen) atoms. The highest BCUT2D eigenvalue weighted by atomic mass is 19.1. The second-order valence-corrected chi connectivity index (χ2v) is 8.53. The number of carbonyl (C=O) groups excluding carboxylic acids is 3. The minimum absolute atomic E-state index is 0.116. The summed E-state index contributed by atoms with van der Waals surface area (Å²) in [5.41, 5.74) is -0.0934. The number of ether oxygens (including phenoxy) is 1. The Morgan fingerprint density at radius 3 is 2.50 bits per heavy atom. The number of hydrogen-bond acceptors (Lipinski definition) is 5. The monoisotopic (exact) mass is 421 g/mol. The number of halogens is 1. The first-order chi connectivity index (χ1) is 14.1. The largest absolute Gasteiger partial charge is 0.466 e. The number of benzene rings is 1. The first kappa shape index (κ1) is 23.8. The summed E-state index contributed by atoms with van der Waals surface area (Å²) in [6, 6.07) is 5.47. The molecule has 2 rings (SSSR count). The van der Waals surface area contributed by atoms with E-state index >= 15 is 0 Å². The van der Waals surface area contributed by atoms with Gasteiger partial charge in [-0.25, -0.2) is 4.39 Å². The summed E-state index contributed by atoms with van der Waals surface area (Å²) in [4.78, 5) is 41.0. The lowest BCUT2D eigenvalue weighted by atomic mass is 9.98. The molecule has 1 aliphatic rings. The highest BCUT2D eigenvalue weighted by molar-refractivity contribution is 5.95. The van der Waals surface area contributed by atoms with Crippen LogP contribution in [0.15, 0.2) is 24.3 Å². The van der Waals surface area contributed by atoms with Crippen LogP contribution in [0, 0.1) is 11.7 Å². The molecule has 0 saturated carbocycles. The van der Waals surface area contributed by atoms with Crippen LogP contribution in [-0.4, -0.2) is 65.9 Å². The van der Waals surface area contributed by atoms with Crippen molar-refractivity contribution in [1.82, 2.24) is 9.80 Å². The van der Waals surface area contributed by atoms with Gasteiger partial charge in [-0.05, 0) is 71.3 Å². The molecule has 0 spiro atoms. The maximum atomic E-state index is 13.0. The Kier molecular flexibility index (Phi) is 8.34. The molecule has 8 heteroatoms. The van der Waals surface area contributed by atoms with Crippen LogP contribution in [-0.2, 0) is 19.1 Å². The lowest BCUT2D eigenvalue weighted by Crippen LogP contribution is -2.53. The topological polar surface area (TPSA) is 79.0 Å². The van der Waals surface area contributed by atoms with Crippen LogP contribution in [0.4, 0.5) is 10.1 Å². The van der Waals surface area contributed by atoms with E-state index < -0.39 is 5.54 Å². The molecule has 0 aromatic heterocycles. The molecule has 1 atom stereocenters. The highest BCUT2D eigenvalue weighted by Crippen LogP contribution is 2.20. The van der Waals surface area contributed by atoms with Gasteiger partial charge >= 0.3 is 5.97 Å². The molecule has 1 saturated heterocycles. The second-order valence-electron chi connectivity index (χ2n) is 8.53. The van der Waals surface area contributed by atoms with E-state index in [4.69, 9.17) is 4.74 Å². The molecular formula is C22H32FN3O4. The van der Waals surface area contributed by atoms with E-state index in [1.807, 2.05) is 25.7 Å². The van der Waals surface area contributed by atoms with Gasteiger partial charge in [0, 0.05) is 17.8 Å². The number of carbonyl (C=O) groups is 3. The van der Waals surface area contributed by atoms with Gasteiger partial charge in [-0.15, -0.1) is 0 Å². The van der Waals surface area contributed by atoms with Crippen molar-refractivity contribution in [1.29, 1.82) is 0 Å². The van der Waals surface area contributed by atoms with E-state index in [1.165, 1.54) is 29.2 Å². The van der Waals surface area contributed by atoms with Gasteiger partial charge in [0.15, 0.2) is 0 Å². The predicted octanol–water partition coefficient (Wildman–Crippen LogP) is 2.67. The van der Waals surface area contributed by atoms with Crippen molar-refractivity contribution >= 4 is 23.5 Å². The predicted molar refractivity (Wildman–Crippen MR) is 112 cm³/mol. The molecule has 1 aromatic carbocycles. The van der Waals surface area contributed by atoms with Crippen molar-refractivity contribution in [3.8, 4) is 0 Å². The molecule has 7 nitrogen and oxygen atoms in total. The lowest BCUT2D eigenvalue weighted by molar-refractivity contribution is -0.151. The molecule has 0 unspecified atom stereocenters. The molecule has 1 aliphatic heterocycles. The van der Waals surface area contributed by atoms with Gasteiger partial charge in [0.1, 0.15) is 12.4 Å². The normalized spacial score (nSPS) is 17.3. The number of anilines is 1. The van der Waals surface area contributed by atoms with Crippen molar-refractivity contribution in [3.63, 3.8) is 0 Å². The number of piperidine rings is 1. The zero-order chi connectivity index (χ0) is 22.3. The van der Waals surface area contributed by atoms with E-state index in [0.29, 0.717) is 18.8 Å². The van der Waals surface area contributed by atoms with Crippen LogP contribution in [0.2, 0.25) is 0 Å². The van der Waals surface area contributed by atoms with E-state index in [9.17, 15) is 18.8 Å². The lowest BCUT2D eigenvalue weighted by Gasteiger charge is -2.38. The first-order valence-electron chi connectivity index (χ1n) is 10.3. The van der Waals surface area contributed by atoms with Gasteiger partial charge < -0.3 is 15.0 Å². The number of likely N-dealkylation sites (tertiary alicyclic amines) is 1. The van der Waals surface area contributed by atoms with Crippen molar-refractivity contribution in [2.45, 2.75) is 46.1 Å². The molecule has 0 bridgehead atoms. The number of nitrogens with zero attached hydrogens (tertiary/aromatic N) is 2. The SMILES string of the molecule is CCOC(=O)[C@H]1CCCN(CC(=O)N(CC(=O)Nc2ccc(F)cc2)C(C)(C)C)C1. The number of rotatable bonds is 7. The fraction of sp³-hybridized carbons (Fsp3) is 0.591. The Bertz CT molecular complexity index is 746. The average Bonchev–Trinajstić information content (AvgIpc) is 2.67. The Balaban J connectivity index is 1.98. The molecule has 166 valence electrons. The molecule has 1 fully saturated rings. The Morgan fingerprint density at radius 2 is 1.90 bits per heavy atom. The Labute approximate surface area is 177 Å². The van der Waals surface area contributed by atoms with Gasteiger partial charge in [0.25, 0.3) is 0 Å². The third-order valence-electron chi connectivity index (χ3n) is 5.02. The zero-order valence-corrected chi connectivity index (χ0v) is 18.2. The number of hydrogen-bond donors (Lipinski definition) is 1. The van der Waals surface area contributed by atoms with Crippen LogP contribution in [0.5, 0.6) is 0 Å². The molecule has 1 aromatic rings. The summed E-state index contributed by atoms with van der Waals surface area (Å²) in [5.74, 6) is -1.37. The van der Waals surface area contributed by atoms with E-state index in [0.717, 1.165) is 19.4 Å². The van der Waals surface area contributed by atoms with Crippen LogP contribution in [0.1, 0.15) is 40.5 Å². The summed E-state index contributed by atoms with van der Waals surface area (Å²) < 4.78 is 18.2. The van der Waals surface area contributed by atoms with Gasteiger partial charge in [-0.3, -0.25) is 19.3 Å². The number of nitrogens with one attached hydrogen (secondary N) is 1. The smallest absolute Gasteiger partial charge is 0.310 e. The molecule has 1 heterocycles. The molecule has 1 N–H and O–H groups in total. The molecule has 2 amide bonds. The number of amides is 2. The van der Waals surface area contributed by atoms with Crippen LogP contribution in [0.25, 0.3) is 0 Å². The summed E-state index contributed by atoms with van der Waals surface area (Å²) in [6.07, 6.45) is 1.57. The second kappa shape index (κ2) is 10.5. The van der Waals surface area contributed by atoms with Crippen molar-refractivity contribution in [2.75, 3.05) is 38.1 Å². The standard InChI is InChI=1S/C22H32FN3O4/c1-5-30-21(29)16-7-6-12-25(13-16)15-20(28)26(22(2,3)4)14-19(27)24-18-10-8-17(23)9-11-18/h8-11,16H,5-7,12-15H2,1-4H3,(H,24,27)/t16-/m0/s1. The summed E-state index contributed by atoms with van der Waals surface area (Å²) >= 11 is 0. The maximum absolute atomic E-state index is 13.0. The van der Waals surface area contributed by atoms with E-state index in [-0.39, 0.29) is 42.6 Å². The quantitative estimate of drug-likeness (QED) is 0.685. The number of esters is 1. The van der Waals surface area contributed by atoms with Gasteiger partial charge in [0.05, 0.1) is 19.1 Å². The maximum Gasteiger partial charge on any atom is 0.310 e.